The minimum absolute atomic E-state index is 0.0865. The number of thiocarbonyl (C=S) groups is 1. The molecule has 0 aliphatic carbocycles. The standard InChI is InChI=1S/C11H24N2OS/c1-4-6-13(8-9-14)7-5-11(2,3)10(12)15/h14H,4-9H2,1-3H3,(H2,12,15). The number of nitrogens with two attached hydrogens (primary N) is 1. The number of aliphatic hydroxyl groups excluding tert-OH is 1. The van der Waals surface area contributed by atoms with Crippen molar-refractivity contribution < 1.29 is 5.11 Å². The van der Waals surface area contributed by atoms with E-state index in [9.17, 15) is 0 Å². The van der Waals surface area contributed by atoms with Crippen LogP contribution in [0.25, 0.3) is 0 Å². The molecule has 4 heteroatoms. The zero-order valence-corrected chi connectivity index (χ0v) is 10.9. The molecule has 0 aliphatic rings. The first kappa shape index (κ1) is 14.8. The number of hydrogen-bond donors (Lipinski definition) is 2. The van der Waals surface area contributed by atoms with Gasteiger partial charge in [0.2, 0.25) is 0 Å². The molecular formula is C11H24N2OS. The van der Waals surface area contributed by atoms with Crippen molar-refractivity contribution in [2.24, 2.45) is 11.1 Å². The summed E-state index contributed by atoms with van der Waals surface area (Å²) >= 11 is 5.02. The van der Waals surface area contributed by atoms with Gasteiger partial charge in [0.15, 0.2) is 0 Å². The molecule has 0 aromatic carbocycles. The summed E-state index contributed by atoms with van der Waals surface area (Å²) in [5, 5.41) is 8.91. The number of aliphatic hydroxyl groups is 1. The summed E-state index contributed by atoms with van der Waals surface area (Å²) in [6, 6.07) is 0. The van der Waals surface area contributed by atoms with Crippen LogP contribution >= 0.6 is 12.2 Å². The summed E-state index contributed by atoms with van der Waals surface area (Å²) in [5.74, 6) is 0. The molecule has 0 saturated carbocycles. The van der Waals surface area contributed by atoms with Crippen molar-refractivity contribution >= 4 is 17.2 Å². The fourth-order valence-electron chi connectivity index (χ4n) is 1.35. The Bertz CT molecular complexity index is 189. The minimum atomic E-state index is -0.0865. The molecule has 90 valence electrons. The normalized spacial score (nSPS) is 12.1. The Kier molecular flexibility index (Phi) is 7.05. The van der Waals surface area contributed by atoms with Gasteiger partial charge in [-0.15, -0.1) is 0 Å². The molecule has 3 nitrogen and oxygen atoms in total. The molecule has 0 heterocycles. The Labute approximate surface area is 98.6 Å². The predicted molar refractivity (Wildman–Crippen MR) is 69.0 cm³/mol. The van der Waals surface area contributed by atoms with Crippen molar-refractivity contribution in [1.29, 1.82) is 0 Å². The van der Waals surface area contributed by atoms with E-state index in [0.29, 0.717) is 4.99 Å². The van der Waals surface area contributed by atoms with Crippen LogP contribution in [0.1, 0.15) is 33.6 Å². The van der Waals surface area contributed by atoms with Gasteiger partial charge in [0.05, 0.1) is 11.6 Å². The van der Waals surface area contributed by atoms with E-state index >= 15 is 0 Å². The maximum absolute atomic E-state index is 8.91. The third-order valence-corrected chi connectivity index (χ3v) is 3.23. The van der Waals surface area contributed by atoms with Gasteiger partial charge in [0, 0.05) is 12.0 Å². The lowest BCUT2D eigenvalue weighted by molar-refractivity contribution is 0.184. The molecule has 0 aromatic rings. The van der Waals surface area contributed by atoms with E-state index in [2.05, 4.69) is 25.7 Å². The third kappa shape index (κ3) is 6.07. The highest BCUT2D eigenvalue weighted by atomic mass is 32.1. The van der Waals surface area contributed by atoms with Crippen LogP contribution in [-0.4, -0.2) is 41.2 Å². The summed E-state index contributed by atoms with van der Waals surface area (Å²) in [4.78, 5) is 2.82. The quantitative estimate of drug-likeness (QED) is 0.621. The first-order chi connectivity index (χ1) is 6.94. The van der Waals surface area contributed by atoms with Gasteiger partial charge < -0.3 is 15.7 Å². The molecule has 0 rings (SSSR count). The first-order valence-corrected chi connectivity index (χ1v) is 5.98. The minimum Gasteiger partial charge on any atom is -0.395 e. The van der Waals surface area contributed by atoms with Crippen LogP contribution < -0.4 is 5.73 Å². The SMILES string of the molecule is CCCN(CCO)CCC(C)(C)C(N)=S. The summed E-state index contributed by atoms with van der Waals surface area (Å²) in [6.07, 6.45) is 2.05. The Hall–Kier alpha value is -0.190. The maximum Gasteiger partial charge on any atom is 0.0784 e. The van der Waals surface area contributed by atoms with Gasteiger partial charge in [-0.25, -0.2) is 0 Å². The molecule has 0 spiro atoms. The monoisotopic (exact) mass is 232 g/mol. The summed E-state index contributed by atoms with van der Waals surface area (Å²) < 4.78 is 0. The fraction of sp³-hybridized carbons (Fsp3) is 0.909. The van der Waals surface area contributed by atoms with Crippen LogP contribution in [0.5, 0.6) is 0 Å². The van der Waals surface area contributed by atoms with E-state index < -0.39 is 0 Å². The number of nitrogens with zero attached hydrogens (tertiary/aromatic N) is 1. The average molecular weight is 232 g/mol. The van der Waals surface area contributed by atoms with Crippen molar-refractivity contribution in [3.8, 4) is 0 Å². The molecule has 0 radical (unpaired) electrons. The number of rotatable bonds is 8. The van der Waals surface area contributed by atoms with Gasteiger partial charge in [-0.3, -0.25) is 0 Å². The van der Waals surface area contributed by atoms with Crippen molar-refractivity contribution in [3.63, 3.8) is 0 Å². The second-order valence-electron chi connectivity index (χ2n) is 4.56. The smallest absolute Gasteiger partial charge is 0.0784 e. The maximum atomic E-state index is 8.91. The molecule has 0 bridgehead atoms. The predicted octanol–water partition coefficient (Wildman–Crippen LogP) is 1.39. The largest absolute Gasteiger partial charge is 0.395 e. The van der Waals surface area contributed by atoms with Gasteiger partial charge in [-0.2, -0.15) is 0 Å². The highest BCUT2D eigenvalue weighted by molar-refractivity contribution is 7.80. The van der Waals surface area contributed by atoms with Crippen LogP contribution in [0.2, 0.25) is 0 Å². The van der Waals surface area contributed by atoms with Crippen LogP contribution in [0, 0.1) is 5.41 Å². The van der Waals surface area contributed by atoms with Crippen LogP contribution in [-0.2, 0) is 0 Å². The first-order valence-electron chi connectivity index (χ1n) is 5.57. The molecule has 0 saturated heterocycles. The lowest BCUT2D eigenvalue weighted by Gasteiger charge is -2.28. The summed E-state index contributed by atoms with van der Waals surface area (Å²) in [5.41, 5.74) is 5.58. The van der Waals surface area contributed by atoms with Gasteiger partial charge >= 0.3 is 0 Å². The Morgan fingerprint density at radius 3 is 2.33 bits per heavy atom. The number of hydrogen-bond acceptors (Lipinski definition) is 3. The fourth-order valence-corrected chi connectivity index (χ4v) is 1.46. The van der Waals surface area contributed by atoms with Gasteiger partial charge in [-0.1, -0.05) is 33.0 Å². The van der Waals surface area contributed by atoms with Crippen molar-refractivity contribution in [2.45, 2.75) is 33.6 Å². The summed E-state index contributed by atoms with van der Waals surface area (Å²) in [6.45, 7) is 9.20. The second kappa shape index (κ2) is 7.14. The lowest BCUT2D eigenvalue weighted by Crippen LogP contribution is -2.36. The van der Waals surface area contributed by atoms with Gasteiger partial charge in [0.1, 0.15) is 0 Å². The zero-order valence-electron chi connectivity index (χ0n) is 10.1. The van der Waals surface area contributed by atoms with Crippen LogP contribution in [0.3, 0.4) is 0 Å². The molecule has 0 amide bonds. The molecule has 3 N–H and O–H groups in total. The van der Waals surface area contributed by atoms with Gasteiger partial charge in [-0.05, 0) is 25.9 Å². The topological polar surface area (TPSA) is 49.5 Å². The van der Waals surface area contributed by atoms with E-state index in [0.717, 1.165) is 32.5 Å². The van der Waals surface area contributed by atoms with E-state index in [1.807, 2.05) is 0 Å². The van der Waals surface area contributed by atoms with E-state index in [1.54, 1.807) is 0 Å². The van der Waals surface area contributed by atoms with E-state index in [1.165, 1.54) is 0 Å². The Balaban J connectivity index is 4.02. The molecule has 0 fully saturated rings. The zero-order chi connectivity index (χ0) is 11.9. The molecule has 0 aromatic heterocycles. The highest BCUT2D eigenvalue weighted by Crippen LogP contribution is 2.20. The lowest BCUT2D eigenvalue weighted by atomic mass is 9.89. The highest BCUT2D eigenvalue weighted by Gasteiger charge is 2.21. The van der Waals surface area contributed by atoms with E-state index in [-0.39, 0.29) is 12.0 Å². The van der Waals surface area contributed by atoms with E-state index in [4.69, 9.17) is 23.1 Å². The summed E-state index contributed by atoms with van der Waals surface area (Å²) in [7, 11) is 0. The molecule has 0 unspecified atom stereocenters. The Morgan fingerprint density at radius 1 is 1.33 bits per heavy atom. The van der Waals surface area contributed by atoms with Crippen LogP contribution in [0.4, 0.5) is 0 Å². The molecule has 15 heavy (non-hydrogen) atoms. The molecule has 0 atom stereocenters. The van der Waals surface area contributed by atoms with Crippen molar-refractivity contribution in [3.05, 3.63) is 0 Å². The Morgan fingerprint density at radius 2 is 1.93 bits per heavy atom. The van der Waals surface area contributed by atoms with Gasteiger partial charge in [0.25, 0.3) is 0 Å². The average Bonchev–Trinajstić information content (AvgIpc) is 2.15. The third-order valence-electron chi connectivity index (χ3n) is 2.68. The van der Waals surface area contributed by atoms with Crippen LogP contribution in [0.15, 0.2) is 0 Å². The van der Waals surface area contributed by atoms with Crippen molar-refractivity contribution in [2.75, 3.05) is 26.2 Å². The molecular weight excluding hydrogens is 208 g/mol. The van der Waals surface area contributed by atoms with Crippen molar-refractivity contribution in [1.82, 2.24) is 4.90 Å². The second-order valence-corrected chi connectivity index (χ2v) is 5.00. The molecule has 0 aliphatic heterocycles.